The lowest BCUT2D eigenvalue weighted by Crippen LogP contribution is -2.14. The van der Waals surface area contributed by atoms with Crippen LogP contribution in [0.25, 0.3) is 10.8 Å². The summed E-state index contributed by atoms with van der Waals surface area (Å²) >= 11 is 0. The fourth-order valence-corrected chi connectivity index (χ4v) is 9.47. The monoisotopic (exact) mass is 694 g/mol. The number of fused-ring (bicyclic) bond motifs is 1. The van der Waals surface area contributed by atoms with E-state index in [-0.39, 0.29) is 10.9 Å². The highest BCUT2D eigenvalue weighted by atomic mass is 32.2. The Morgan fingerprint density at radius 3 is 1.23 bits per heavy atom. The highest BCUT2D eigenvalue weighted by Gasteiger charge is 2.31. The molecule has 0 saturated carbocycles. The number of rotatable bonds is 28. The van der Waals surface area contributed by atoms with E-state index < -0.39 is 30.0 Å². The normalized spacial score (nSPS) is 12.4. The van der Waals surface area contributed by atoms with Crippen molar-refractivity contribution in [2.75, 3.05) is 0 Å². The molecule has 0 atom stereocenters. The first kappa shape index (κ1) is 41.7. The Morgan fingerprint density at radius 1 is 0.489 bits per heavy atom. The van der Waals surface area contributed by atoms with Crippen molar-refractivity contribution in [2.24, 2.45) is 0 Å². The highest BCUT2D eigenvalue weighted by molar-refractivity contribution is 7.89. The van der Waals surface area contributed by atoms with Gasteiger partial charge >= 0.3 is 0 Å². The molecule has 0 aliphatic heterocycles. The Hall–Kier alpha value is -1.48. The maximum Gasteiger partial charge on any atom is 0.296 e. The standard InChI is InChI=1S/C39H66O6S2/c1-4-6-8-10-12-14-16-18-20-22-24-26-29-34-30-28-32-36-37(34)35(33(3)38(46(40,41)42)39(36)47(43,44)45)31-27-25-23-21-19-17-15-13-11-9-7-5-2/h28,30,32H,4-27,29,31H2,1-3H3,(H,40,41,42)(H,43,44,45). The molecule has 0 amide bonds. The summed E-state index contributed by atoms with van der Waals surface area (Å²) in [6.07, 6.45) is 30.8. The second-order valence-electron chi connectivity index (χ2n) is 13.8. The molecule has 47 heavy (non-hydrogen) atoms. The van der Waals surface area contributed by atoms with Crippen LogP contribution in [0, 0.1) is 6.92 Å². The lowest BCUT2D eigenvalue weighted by atomic mass is 9.90. The minimum Gasteiger partial charge on any atom is -0.282 e. The van der Waals surface area contributed by atoms with Gasteiger partial charge in [0.2, 0.25) is 0 Å². The van der Waals surface area contributed by atoms with Crippen molar-refractivity contribution in [3.8, 4) is 0 Å². The van der Waals surface area contributed by atoms with Crippen molar-refractivity contribution in [1.82, 2.24) is 0 Å². The van der Waals surface area contributed by atoms with E-state index in [9.17, 15) is 25.9 Å². The topological polar surface area (TPSA) is 109 Å². The molecule has 2 aromatic rings. The van der Waals surface area contributed by atoms with Crippen molar-refractivity contribution >= 4 is 31.0 Å². The van der Waals surface area contributed by atoms with Gasteiger partial charge in [0, 0.05) is 5.39 Å². The molecule has 2 rings (SSSR count). The molecule has 0 aliphatic carbocycles. The lowest BCUT2D eigenvalue weighted by Gasteiger charge is -2.20. The zero-order chi connectivity index (χ0) is 34.5. The van der Waals surface area contributed by atoms with Crippen LogP contribution in [0.4, 0.5) is 0 Å². The van der Waals surface area contributed by atoms with Gasteiger partial charge in [-0.15, -0.1) is 0 Å². The van der Waals surface area contributed by atoms with Crippen LogP contribution in [0.3, 0.4) is 0 Å². The van der Waals surface area contributed by atoms with Crippen LogP contribution in [-0.2, 0) is 33.1 Å². The number of benzene rings is 2. The minimum absolute atomic E-state index is 0.177. The third-order valence-electron chi connectivity index (χ3n) is 9.79. The summed E-state index contributed by atoms with van der Waals surface area (Å²) < 4.78 is 70.7. The molecule has 2 N–H and O–H groups in total. The second kappa shape index (κ2) is 23.0. The molecule has 0 aromatic heterocycles. The zero-order valence-corrected chi connectivity index (χ0v) is 31.6. The summed E-state index contributed by atoms with van der Waals surface area (Å²) in [4.78, 5) is -1.40. The average molecular weight is 695 g/mol. The van der Waals surface area contributed by atoms with Crippen LogP contribution in [0.2, 0.25) is 0 Å². The molecule has 270 valence electrons. The largest absolute Gasteiger partial charge is 0.296 e. The maximum absolute atomic E-state index is 12.6. The van der Waals surface area contributed by atoms with Gasteiger partial charge in [-0.05, 0) is 54.7 Å². The number of aryl methyl sites for hydroxylation is 2. The number of unbranched alkanes of at least 4 members (excludes halogenated alkanes) is 22. The number of hydrogen-bond acceptors (Lipinski definition) is 4. The lowest BCUT2D eigenvalue weighted by molar-refractivity contribution is 0.466. The molecule has 8 heteroatoms. The summed E-state index contributed by atoms with van der Waals surface area (Å²) in [7, 11) is -9.84. The van der Waals surface area contributed by atoms with Gasteiger partial charge in [0.05, 0.1) is 0 Å². The third-order valence-corrected chi connectivity index (χ3v) is 11.9. The average Bonchev–Trinajstić information content (AvgIpc) is 3.01. The van der Waals surface area contributed by atoms with E-state index >= 15 is 0 Å². The third kappa shape index (κ3) is 15.3. The molecular weight excluding hydrogens is 629 g/mol. The van der Waals surface area contributed by atoms with Gasteiger partial charge in [-0.25, -0.2) is 0 Å². The summed E-state index contributed by atoms with van der Waals surface area (Å²) in [5.41, 5.74) is 1.96. The summed E-state index contributed by atoms with van der Waals surface area (Å²) in [5, 5.41) is 0.896. The molecule has 0 fully saturated rings. The fraction of sp³-hybridized carbons (Fsp3) is 0.744. The van der Waals surface area contributed by atoms with Crippen LogP contribution in [0.15, 0.2) is 28.0 Å². The highest BCUT2D eigenvalue weighted by Crippen LogP contribution is 2.39. The fourth-order valence-electron chi connectivity index (χ4n) is 7.15. The maximum atomic E-state index is 12.6. The van der Waals surface area contributed by atoms with Gasteiger partial charge in [-0.3, -0.25) is 9.11 Å². The first-order valence-corrected chi connectivity index (χ1v) is 21.9. The SMILES string of the molecule is CCCCCCCCCCCCCCc1cccc2c(S(=O)(=O)O)c(S(=O)(=O)O)c(C)c(CCCCCCCCCCCCCC)c12. The Kier molecular flexibility index (Phi) is 20.4. The molecule has 0 unspecified atom stereocenters. The van der Waals surface area contributed by atoms with Crippen molar-refractivity contribution in [2.45, 2.75) is 198 Å². The van der Waals surface area contributed by atoms with Crippen molar-refractivity contribution < 1.29 is 25.9 Å². The van der Waals surface area contributed by atoms with Gasteiger partial charge in [-0.1, -0.05) is 173 Å². The first-order chi connectivity index (χ1) is 22.5. The van der Waals surface area contributed by atoms with Crippen LogP contribution < -0.4 is 0 Å². The molecule has 0 saturated heterocycles. The van der Waals surface area contributed by atoms with Crippen molar-refractivity contribution in [3.05, 3.63) is 34.9 Å². The Bertz CT molecular complexity index is 1380. The molecule has 0 radical (unpaired) electrons. The second-order valence-corrected chi connectivity index (χ2v) is 16.5. The summed E-state index contributed by atoms with van der Waals surface area (Å²) in [5.74, 6) is 0. The van der Waals surface area contributed by atoms with Crippen molar-refractivity contribution in [1.29, 1.82) is 0 Å². The van der Waals surface area contributed by atoms with Crippen LogP contribution in [0.5, 0.6) is 0 Å². The molecule has 6 nitrogen and oxygen atoms in total. The van der Waals surface area contributed by atoms with E-state index in [0.717, 1.165) is 61.5 Å². The van der Waals surface area contributed by atoms with E-state index in [0.29, 0.717) is 6.42 Å². The van der Waals surface area contributed by atoms with Crippen LogP contribution >= 0.6 is 0 Å². The van der Waals surface area contributed by atoms with Crippen molar-refractivity contribution in [3.63, 3.8) is 0 Å². The smallest absolute Gasteiger partial charge is 0.282 e. The quantitative estimate of drug-likeness (QED) is 0.0678. The molecule has 0 aliphatic rings. The van der Waals surface area contributed by atoms with Gasteiger partial charge in [0.25, 0.3) is 20.2 Å². The molecule has 2 aromatic carbocycles. The van der Waals surface area contributed by atoms with Crippen LogP contribution in [0.1, 0.15) is 185 Å². The predicted octanol–water partition coefficient (Wildman–Crippen LogP) is 12.1. The molecule has 0 spiro atoms. The summed E-state index contributed by atoms with van der Waals surface area (Å²) in [6, 6.07) is 5.28. The van der Waals surface area contributed by atoms with E-state index in [2.05, 4.69) is 13.8 Å². The van der Waals surface area contributed by atoms with Gasteiger partial charge < -0.3 is 0 Å². The Morgan fingerprint density at radius 2 is 0.851 bits per heavy atom. The van der Waals surface area contributed by atoms with E-state index in [1.54, 1.807) is 19.1 Å². The molecule has 0 bridgehead atoms. The van der Waals surface area contributed by atoms with Gasteiger partial charge in [0.1, 0.15) is 9.79 Å². The Labute approximate surface area is 288 Å². The minimum atomic E-state index is -4.93. The molecular formula is C39H66O6S2. The number of hydrogen-bond donors (Lipinski definition) is 2. The van der Waals surface area contributed by atoms with Gasteiger partial charge in [-0.2, -0.15) is 16.8 Å². The first-order valence-electron chi connectivity index (χ1n) is 19.1. The predicted molar refractivity (Wildman–Crippen MR) is 198 cm³/mol. The van der Waals surface area contributed by atoms with Gasteiger partial charge in [0.15, 0.2) is 0 Å². The molecule has 0 heterocycles. The van der Waals surface area contributed by atoms with E-state index in [4.69, 9.17) is 0 Å². The van der Waals surface area contributed by atoms with E-state index in [1.807, 2.05) is 6.07 Å². The van der Waals surface area contributed by atoms with Crippen LogP contribution in [-0.4, -0.2) is 25.9 Å². The Balaban J connectivity index is 2.08. The zero-order valence-electron chi connectivity index (χ0n) is 30.0. The summed E-state index contributed by atoms with van der Waals surface area (Å²) in [6.45, 7) is 6.05. The van der Waals surface area contributed by atoms with E-state index in [1.165, 1.54) is 116 Å².